The number of carbonyl (C=O) groups excluding carboxylic acids is 2. The van der Waals surface area contributed by atoms with E-state index in [2.05, 4.69) is 9.47 Å². The summed E-state index contributed by atoms with van der Waals surface area (Å²) in [7, 11) is 0. The van der Waals surface area contributed by atoms with Gasteiger partial charge in [-0.2, -0.15) is 13.2 Å². The van der Waals surface area contributed by atoms with Gasteiger partial charge in [0, 0.05) is 5.56 Å². The number of halogens is 3. The van der Waals surface area contributed by atoms with Gasteiger partial charge >= 0.3 is 23.7 Å². The van der Waals surface area contributed by atoms with Crippen molar-refractivity contribution >= 4 is 11.9 Å². The number of alkyl halides is 3. The van der Waals surface area contributed by atoms with Gasteiger partial charge in [0.15, 0.2) is 6.61 Å². The van der Waals surface area contributed by atoms with Crippen molar-refractivity contribution in [2.24, 2.45) is 0 Å². The van der Waals surface area contributed by atoms with E-state index in [9.17, 15) is 22.8 Å². The van der Waals surface area contributed by atoms with E-state index in [1.165, 1.54) is 18.2 Å². The number of hydrogen-bond donors (Lipinski definition) is 0. The normalized spacial score (nSPS) is 24.4. The van der Waals surface area contributed by atoms with Crippen molar-refractivity contribution in [2.75, 3.05) is 6.61 Å². The molecule has 1 saturated heterocycles. The lowest BCUT2D eigenvalue weighted by molar-refractivity contribution is -0.287. The molecule has 1 unspecified atom stereocenters. The molecule has 7 heteroatoms. The van der Waals surface area contributed by atoms with Crippen LogP contribution in [0.25, 0.3) is 0 Å². The largest absolute Gasteiger partial charge is 0.450 e. The zero-order chi connectivity index (χ0) is 13.4. The van der Waals surface area contributed by atoms with Crippen molar-refractivity contribution in [1.29, 1.82) is 0 Å². The van der Waals surface area contributed by atoms with Gasteiger partial charge in [-0.05, 0) is 0 Å². The second kappa shape index (κ2) is 4.01. The first-order chi connectivity index (χ1) is 8.38. The molecule has 4 nitrogen and oxygen atoms in total. The lowest BCUT2D eigenvalue weighted by Gasteiger charge is -2.35. The summed E-state index contributed by atoms with van der Waals surface area (Å²) in [6.45, 7) is -0.816. The second-order valence-corrected chi connectivity index (χ2v) is 3.60. The molecule has 1 aliphatic heterocycles. The zero-order valence-electron chi connectivity index (χ0n) is 8.86. The quantitative estimate of drug-likeness (QED) is 0.719. The van der Waals surface area contributed by atoms with E-state index < -0.39 is 35.9 Å². The van der Waals surface area contributed by atoms with E-state index in [1.807, 2.05) is 0 Å². The Morgan fingerprint density at radius 1 is 1.11 bits per heavy atom. The van der Waals surface area contributed by atoms with Crippen LogP contribution in [0, 0.1) is 0 Å². The third-order valence-electron chi connectivity index (χ3n) is 2.46. The molecule has 96 valence electrons. The Labute approximate surface area is 99.3 Å². The molecule has 0 aliphatic carbocycles. The monoisotopic (exact) mass is 260 g/mol. The van der Waals surface area contributed by atoms with Gasteiger partial charge < -0.3 is 9.47 Å². The van der Waals surface area contributed by atoms with Gasteiger partial charge in [0.25, 0.3) is 0 Å². The molecule has 0 N–H and O–H groups in total. The van der Waals surface area contributed by atoms with Crippen LogP contribution in [-0.4, -0.2) is 24.7 Å². The van der Waals surface area contributed by atoms with Crippen LogP contribution in [-0.2, 0) is 24.7 Å². The molecule has 1 atom stereocenters. The highest BCUT2D eigenvalue weighted by Gasteiger charge is 2.68. The average molecular weight is 260 g/mol. The third kappa shape index (κ3) is 1.71. The molecule has 1 aromatic rings. The fraction of sp³-hybridized carbons (Fsp3) is 0.273. The van der Waals surface area contributed by atoms with Crippen LogP contribution in [0.2, 0.25) is 0 Å². The molecule has 1 aromatic carbocycles. The van der Waals surface area contributed by atoms with Crippen molar-refractivity contribution in [1.82, 2.24) is 0 Å². The summed E-state index contributed by atoms with van der Waals surface area (Å²) < 4.78 is 47.9. The SMILES string of the molecule is O=C1COC(=O)C(c2ccccc2)(C(F)(F)F)O1. The van der Waals surface area contributed by atoms with Crippen molar-refractivity contribution in [2.45, 2.75) is 11.8 Å². The summed E-state index contributed by atoms with van der Waals surface area (Å²) in [5.41, 5.74) is -3.86. The predicted octanol–water partition coefficient (Wildman–Crippen LogP) is 1.54. The zero-order valence-corrected chi connectivity index (χ0v) is 8.86. The van der Waals surface area contributed by atoms with Gasteiger partial charge in [-0.3, -0.25) is 0 Å². The van der Waals surface area contributed by atoms with Crippen LogP contribution in [0.15, 0.2) is 30.3 Å². The Bertz CT molecular complexity index is 483. The highest BCUT2D eigenvalue weighted by molar-refractivity contribution is 5.90. The number of esters is 2. The maximum absolute atomic E-state index is 13.1. The van der Waals surface area contributed by atoms with Crippen LogP contribution in [0.1, 0.15) is 5.56 Å². The molecule has 1 heterocycles. The van der Waals surface area contributed by atoms with Gasteiger partial charge in [0.05, 0.1) is 0 Å². The van der Waals surface area contributed by atoms with Crippen LogP contribution < -0.4 is 0 Å². The standard InChI is InChI=1S/C11H7F3O4/c12-11(13,14)10(7-4-2-1-3-5-7)9(16)17-6-8(15)18-10/h1-5H,6H2. The Balaban J connectivity index is 2.61. The molecule has 1 fully saturated rings. The summed E-state index contributed by atoms with van der Waals surface area (Å²) in [6, 6.07) is 6.18. The highest BCUT2D eigenvalue weighted by atomic mass is 19.4. The molecular weight excluding hydrogens is 253 g/mol. The molecule has 0 amide bonds. The first kappa shape index (κ1) is 12.4. The van der Waals surface area contributed by atoms with E-state index in [0.29, 0.717) is 0 Å². The molecule has 2 rings (SSSR count). The van der Waals surface area contributed by atoms with Gasteiger partial charge in [-0.15, -0.1) is 0 Å². The average Bonchev–Trinajstić information content (AvgIpc) is 2.32. The van der Waals surface area contributed by atoms with Crippen molar-refractivity contribution in [3.05, 3.63) is 35.9 Å². The molecule has 18 heavy (non-hydrogen) atoms. The smallest absolute Gasteiger partial charge is 0.444 e. The molecule has 0 aromatic heterocycles. The van der Waals surface area contributed by atoms with Gasteiger partial charge in [-0.25, -0.2) is 9.59 Å². The Morgan fingerprint density at radius 3 is 2.28 bits per heavy atom. The highest BCUT2D eigenvalue weighted by Crippen LogP contribution is 2.44. The first-order valence-electron chi connectivity index (χ1n) is 4.89. The summed E-state index contributed by atoms with van der Waals surface area (Å²) >= 11 is 0. The fourth-order valence-corrected chi connectivity index (χ4v) is 1.65. The summed E-state index contributed by atoms with van der Waals surface area (Å²) in [4.78, 5) is 22.5. The maximum atomic E-state index is 13.1. The van der Waals surface area contributed by atoms with Gasteiger partial charge in [0.1, 0.15) is 0 Å². The lowest BCUT2D eigenvalue weighted by atomic mass is 9.92. The Morgan fingerprint density at radius 2 is 1.72 bits per heavy atom. The van der Waals surface area contributed by atoms with Crippen molar-refractivity contribution in [3.63, 3.8) is 0 Å². The van der Waals surface area contributed by atoms with Crippen LogP contribution >= 0.6 is 0 Å². The minimum Gasteiger partial charge on any atom is -0.450 e. The van der Waals surface area contributed by atoms with E-state index >= 15 is 0 Å². The van der Waals surface area contributed by atoms with E-state index in [1.54, 1.807) is 0 Å². The fourth-order valence-electron chi connectivity index (χ4n) is 1.65. The molecule has 0 saturated carbocycles. The summed E-state index contributed by atoms with van der Waals surface area (Å²) in [5.74, 6) is -2.88. The summed E-state index contributed by atoms with van der Waals surface area (Å²) in [5, 5.41) is 0. The molecule has 0 bridgehead atoms. The number of hydrogen-bond acceptors (Lipinski definition) is 4. The van der Waals surface area contributed by atoms with E-state index in [4.69, 9.17) is 0 Å². The summed E-state index contributed by atoms with van der Waals surface area (Å²) in [6.07, 6.45) is -5.10. The Hall–Kier alpha value is -2.05. The molecular formula is C11H7F3O4. The number of rotatable bonds is 1. The lowest BCUT2D eigenvalue weighted by Crippen LogP contribution is -2.57. The van der Waals surface area contributed by atoms with Crippen molar-refractivity contribution < 1.29 is 32.2 Å². The number of cyclic esters (lactones) is 2. The Kier molecular flexibility index (Phi) is 2.76. The predicted molar refractivity (Wildman–Crippen MR) is 51.2 cm³/mol. The minimum absolute atomic E-state index is 0.490. The van der Waals surface area contributed by atoms with E-state index in [-0.39, 0.29) is 0 Å². The topological polar surface area (TPSA) is 52.6 Å². The van der Waals surface area contributed by atoms with Gasteiger partial charge in [-0.1, -0.05) is 30.3 Å². The molecule has 0 spiro atoms. The van der Waals surface area contributed by atoms with Crippen molar-refractivity contribution in [3.8, 4) is 0 Å². The maximum Gasteiger partial charge on any atom is 0.444 e. The molecule has 0 radical (unpaired) electrons. The molecule has 1 aliphatic rings. The van der Waals surface area contributed by atoms with Crippen LogP contribution in [0.5, 0.6) is 0 Å². The third-order valence-corrected chi connectivity index (χ3v) is 2.46. The van der Waals surface area contributed by atoms with Crippen LogP contribution in [0.4, 0.5) is 13.2 Å². The number of ether oxygens (including phenoxy) is 2. The second-order valence-electron chi connectivity index (χ2n) is 3.60. The van der Waals surface area contributed by atoms with Crippen LogP contribution in [0.3, 0.4) is 0 Å². The van der Waals surface area contributed by atoms with Gasteiger partial charge in [0.2, 0.25) is 0 Å². The number of carbonyl (C=O) groups is 2. The number of benzene rings is 1. The minimum atomic E-state index is -5.10. The van der Waals surface area contributed by atoms with E-state index in [0.717, 1.165) is 12.1 Å². The first-order valence-corrected chi connectivity index (χ1v) is 4.89.